The number of halogens is 1. The summed E-state index contributed by atoms with van der Waals surface area (Å²) in [5.41, 5.74) is -0.128. The summed E-state index contributed by atoms with van der Waals surface area (Å²) in [6, 6.07) is 0. The van der Waals surface area contributed by atoms with Crippen molar-refractivity contribution >= 4 is 0 Å². The smallest absolute Gasteiger partial charge is 0.116 e. The predicted octanol–water partition coefficient (Wildman–Crippen LogP) is 2.17. The number of rotatable bonds is 4. The number of nitrogens with one attached hydrogen (secondary N) is 1. The Morgan fingerprint density at radius 1 is 1.65 bits per heavy atom. The van der Waals surface area contributed by atoms with Gasteiger partial charge in [0.05, 0.1) is 6.20 Å². The lowest BCUT2D eigenvalue weighted by Crippen LogP contribution is -2.42. The third-order valence-corrected chi connectivity index (χ3v) is 3.71. The van der Waals surface area contributed by atoms with E-state index in [1.165, 1.54) is 0 Å². The molecule has 1 aliphatic heterocycles. The van der Waals surface area contributed by atoms with Crippen molar-refractivity contribution in [1.29, 1.82) is 0 Å². The highest BCUT2D eigenvalue weighted by molar-refractivity contribution is 5.09. The van der Waals surface area contributed by atoms with Crippen LogP contribution in [0.2, 0.25) is 0 Å². The lowest BCUT2D eigenvalue weighted by atomic mass is 9.81. The fourth-order valence-corrected chi connectivity index (χ4v) is 2.58. The fraction of sp³-hybridized carbons (Fsp3) is 0.769. The van der Waals surface area contributed by atoms with Gasteiger partial charge < -0.3 is 5.32 Å². The molecule has 96 valence electrons. The SMILES string of the molecule is CCn1cc(CC(C)(F)C2CCCNC2)cn1. The molecular formula is C13H22FN3. The van der Waals surface area contributed by atoms with Crippen LogP contribution in [0.15, 0.2) is 12.4 Å². The molecule has 2 atom stereocenters. The Morgan fingerprint density at radius 2 is 2.47 bits per heavy atom. The van der Waals surface area contributed by atoms with Crippen LogP contribution in [0.3, 0.4) is 0 Å². The molecule has 0 saturated carbocycles. The van der Waals surface area contributed by atoms with Gasteiger partial charge >= 0.3 is 0 Å². The monoisotopic (exact) mass is 239 g/mol. The van der Waals surface area contributed by atoms with Gasteiger partial charge in [0.2, 0.25) is 0 Å². The summed E-state index contributed by atoms with van der Waals surface area (Å²) < 4.78 is 16.5. The largest absolute Gasteiger partial charge is 0.316 e. The van der Waals surface area contributed by atoms with Crippen molar-refractivity contribution in [1.82, 2.24) is 15.1 Å². The average Bonchev–Trinajstić information content (AvgIpc) is 2.77. The Kier molecular flexibility index (Phi) is 3.82. The Labute approximate surface area is 102 Å². The lowest BCUT2D eigenvalue weighted by molar-refractivity contribution is 0.0833. The van der Waals surface area contributed by atoms with E-state index in [9.17, 15) is 4.39 Å². The van der Waals surface area contributed by atoms with E-state index in [2.05, 4.69) is 10.4 Å². The maximum atomic E-state index is 14.7. The number of aromatic nitrogens is 2. The van der Waals surface area contributed by atoms with Crippen molar-refractivity contribution in [3.63, 3.8) is 0 Å². The van der Waals surface area contributed by atoms with Gasteiger partial charge in [-0.15, -0.1) is 0 Å². The maximum Gasteiger partial charge on any atom is 0.116 e. The Balaban J connectivity index is 1.99. The molecule has 0 bridgehead atoms. The van der Waals surface area contributed by atoms with Gasteiger partial charge in [-0.1, -0.05) is 0 Å². The fourth-order valence-electron chi connectivity index (χ4n) is 2.58. The minimum atomic E-state index is -1.13. The highest BCUT2D eigenvalue weighted by Crippen LogP contribution is 2.31. The zero-order valence-corrected chi connectivity index (χ0v) is 10.7. The number of nitrogens with zero attached hydrogens (tertiary/aromatic N) is 2. The van der Waals surface area contributed by atoms with Crippen molar-refractivity contribution in [3.8, 4) is 0 Å². The van der Waals surface area contributed by atoms with E-state index in [0.717, 1.165) is 38.0 Å². The van der Waals surface area contributed by atoms with Crippen molar-refractivity contribution in [3.05, 3.63) is 18.0 Å². The first kappa shape index (κ1) is 12.6. The Hall–Kier alpha value is -0.900. The Morgan fingerprint density at radius 3 is 3.06 bits per heavy atom. The van der Waals surface area contributed by atoms with Gasteiger partial charge in [-0.2, -0.15) is 5.10 Å². The minimum absolute atomic E-state index is 0.126. The predicted molar refractivity (Wildman–Crippen MR) is 66.7 cm³/mol. The molecule has 4 heteroatoms. The third kappa shape index (κ3) is 3.06. The van der Waals surface area contributed by atoms with E-state index in [4.69, 9.17) is 0 Å². The van der Waals surface area contributed by atoms with Crippen molar-refractivity contribution in [2.24, 2.45) is 5.92 Å². The van der Waals surface area contributed by atoms with Gasteiger partial charge in [-0.25, -0.2) is 4.39 Å². The van der Waals surface area contributed by atoms with Crippen LogP contribution in [0.1, 0.15) is 32.3 Å². The quantitative estimate of drug-likeness (QED) is 0.872. The highest BCUT2D eigenvalue weighted by atomic mass is 19.1. The molecule has 1 fully saturated rings. The van der Waals surface area contributed by atoms with Crippen LogP contribution in [0.25, 0.3) is 0 Å². The standard InChI is InChI=1S/C13H22FN3/c1-3-17-10-11(8-16-17)7-13(2,14)12-5-4-6-15-9-12/h8,10,12,15H,3-7,9H2,1-2H3. The summed E-state index contributed by atoms with van der Waals surface area (Å²) in [6.45, 7) is 6.44. The zero-order valence-electron chi connectivity index (χ0n) is 10.7. The van der Waals surface area contributed by atoms with E-state index < -0.39 is 5.67 Å². The van der Waals surface area contributed by atoms with E-state index in [0.29, 0.717) is 6.42 Å². The number of piperidine rings is 1. The van der Waals surface area contributed by atoms with Crippen LogP contribution in [0, 0.1) is 5.92 Å². The molecule has 0 radical (unpaired) electrons. The number of hydrogen-bond donors (Lipinski definition) is 1. The van der Waals surface area contributed by atoms with Crippen LogP contribution < -0.4 is 5.32 Å². The van der Waals surface area contributed by atoms with E-state index in [-0.39, 0.29) is 5.92 Å². The van der Waals surface area contributed by atoms with Gasteiger partial charge in [0.15, 0.2) is 0 Å². The van der Waals surface area contributed by atoms with E-state index in [1.54, 1.807) is 13.1 Å². The lowest BCUT2D eigenvalue weighted by Gasteiger charge is -2.33. The van der Waals surface area contributed by atoms with Gasteiger partial charge in [-0.05, 0) is 38.8 Å². The molecule has 17 heavy (non-hydrogen) atoms. The first-order valence-corrected chi connectivity index (χ1v) is 6.53. The van der Waals surface area contributed by atoms with Crippen molar-refractivity contribution in [2.45, 2.75) is 45.3 Å². The Bertz CT molecular complexity index is 353. The molecule has 0 aromatic carbocycles. The molecular weight excluding hydrogens is 217 g/mol. The molecule has 2 unspecified atom stereocenters. The van der Waals surface area contributed by atoms with Crippen LogP contribution in [-0.4, -0.2) is 28.5 Å². The third-order valence-electron chi connectivity index (χ3n) is 3.71. The first-order chi connectivity index (χ1) is 8.12. The summed E-state index contributed by atoms with van der Waals surface area (Å²) in [4.78, 5) is 0. The maximum absolute atomic E-state index is 14.7. The normalized spacial score (nSPS) is 24.5. The first-order valence-electron chi connectivity index (χ1n) is 6.53. The van der Waals surface area contributed by atoms with Crippen molar-refractivity contribution in [2.75, 3.05) is 13.1 Å². The van der Waals surface area contributed by atoms with E-state index in [1.807, 2.05) is 17.8 Å². The molecule has 2 heterocycles. The van der Waals surface area contributed by atoms with Crippen LogP contribution in [0.4, 0.5) is 4.39 Å². The number of hydrogen-bond acceptors (Lipinski definition) is 2. The van der Waals surface area contributed by atoms with E-state index >= 15 is 0 Å². The summed E-state index contributed by atoms with van der Waals surface area (Å²) in [6.07, 6.45) is 6.28. The second kappa shape index (κ2) is 5.17. The van der Waals surface area contributed by atoms with Crippen LogP contribution >= 0.6 is 0 Å². The summed E-state index contributed by atoms with van der Waals surface area (Å²) in [5, 5.41) is 7.48. The topological polar surface area (TPSA) is 29.9 Å². The van der Waals surface area contributed by atoms with Crippen LogP contribution in [0.5, 0.6) is 0 Å². The van der Waals surface area contributed by atoms with Gasteiger partial charge in [-0.3, -0.25) is 4.68 Å². The van der Waals surface area contributed by atoms with Gasteiger partial charge in [0, 0.05) is 31.6 Å². The molecule has 0 aliphatic carbocycles. The molecule has 0 spiro atoms. The average molecular weight is 239 g/mol. The molecule has 3 nitrogen and oxygen atoms in total. The molecule has 1 aromatic rings. The molecule has 1 aromatic heterocycles. The number of aryl methyl sites for hydroxylation is 1. The molecule has 1 aliphatic rings. The summed E-state index contributed by atoms with van der Waals surface area (Å²) >= 11 is 0. The highest BCUT2D eigenvalue weighted by Gasteiger charge is 2.35. The molecule has 0 amide bonds. The minimum Gasteiger partial charge on any atom is -0.316 e. The second-order valence-corrected chi connectivity index (χ2v) is 5.20. The summed E-state index contributed by atoms with van der Waals surface area (Å²) in [5.74, 6) is 0.126. The molecule has 2 rings (SSSR count). The van der Waals surface area contributed by atoms with Crippen molar-refractivity contribution < 1.29 is 4.39 Å². The second-order valence-electron chi connectivity index (χ2n) is 5.20. The van der Waals surface area contributed by atoms with Gasteiger partial charge in [0.25, 0.3) is 0 Å². The summed E-state index contributed by atoms with van der Waals surface area (Å²) in [7, 11) is 0. The number of alkyl halides is 1. The molecule has 1 N–H and O–H groups in total. The van der Waals surface area contributed by atoms with Gasteiger partial charge in [0.1, 0.15) is 5.67 Å². The zero-order chi connectivity index (χ0) is 12.3. The molecule has 1 saturated heterocycles. The van der Waals surface area contributed by atoms with Crippen LogP contribution in [-0.2, 0) is 13.0 Å².